The van der Waals surface area contributed by atoms with E-state index in [0.29, 0.717) is 0 Å². The molecule has 0 aliphatic heterocycles. The number of hydrogen-bond acceptors (Lipinski definition) is 2. The zero-order valence-electron chi connectivity index (χ0n) is 11.7. The van der Waals surface area contributed by atoms with Crippen LogP contribution in [0.25, 0.3) is 0 Å². The van der Waals surface area contributed by atoms with E-state index in [-0.39, 0.29) is 6.04 Å². The minimum absolute atomic E-state index is 0.259. The van der Waals surface area contributed by atoms with Gasteiger partial charge in [0, 0.05) is 40.3 Å². The van der Waals surface area contributed by atoms with Crippen molar-refractivity contribution < 1.29 is 0 Å². The van der Waals surface area contributed by atoms with Crippen LogP contribution >= 0.6 is 31.9 Å². The third-order valence-corrected chi connectivity index (χ3v) is 4.50. The fourth-order valence-electron chi connectivity index (χ4n) is 2.32. The summed E-state index contributed by atoms with van der Waals surface area (Å²) in [6, 6.07) is 6.58. The van der Waals surface area contributed by atoms with Crippen molar-refractivity contribution in [1.82, 2.24) is 14.9 Å². The zero-order valence-corrected chi connectivity index (χ0v) is 14.9. The van der Waals surface area contributed by atoms with E-state index in [4.69, 9.17) is 0 Å². The maximum absolute atomic E-state index is 4.48. The Kier molecular flexibility index (Phi) is 5.81. The van der Waals surface area contributed by atoms with Crippen molar-refractivity contribution in [3.63, 3.8) is 0 Å². The molecule has 0 bridgehead atoms. The van der Waals surface area contributed by atoms with Crippen LogP contribution in [-0.4, -0.2) is 16.1 Å². The third-order valence-electron chi connectivity index (χ3n) is 3.32. The van der Waals surface area contributed by atoms with Crippen molar-refractivity contribution >= 4 is 31.9 Å². The molecule has 1 aromatic heterocycles. The molecule has 2 aromatic rings. The lowest BCUT2D eigenvalue weighted by Crippen LogP contribution is -2.24. The fraction of sp³-hybridized carbons (Fsp3) is 0.400. The van der Waals surface area contributed by atoms with Gasteiger partial charge in [0.05, 0.1) is 0 Å². The molecule has 0 saturated carbocycles. The molecule has 0 fully saturated rings. The van der Waals surface area contributed by atoms with E-state index in [0.717, 1.165) is 34.3 Å². The molecule has 1 N–H and O–H groups in total. The highest BCUT2D eigenvalue weighted by molar-refractivity contribution is 9.11. The monoisotopic (exact) mass is 399 g/mol. The first-order valence-electron chi connectivity index (χ1n) is 6.84. The lowest BCUT2D eigenvalue weighted by Gasteiger charge is -2.20. The van der Waals surface area contributed by atoms with E-state index in [1.807, 2.05) is 12.4 Å². The molecule has 1 atom stereocenters. The number of benzene rings is 1. The third kappa shape index (κ3) is 3.71. The summed E-state index contributed by atoms with van der Waals surface area (Å²) in [4.78, 5) is 4.48. The van der Waals surface area contributed by atoms with Crippen LogP contribution in [0, 0.1) is 0 Å². The summed E-state index contributed by atoms with van der Waals surface area (Å²) in [5.74, 6) is 1.12. The number of likely N-dealkylation sites (N-methyl/N-ethyl adjacent to an activating group) is 1. The van der Waals surface area contributed by atoms with Gasteiger partial charge in [0.2, 0.25) is 0 Å². The highest BCUT2D eigenvalue weighted by atomic mass is 79.9. The molecule has 1 aromatic carbocycles. The van der Waals surface area contributed by atoms with Crippen molar-refractivity contribution in [2.75, 3.05) is 6.54 Å². The lowest BCUT2D eigenvalue weighted by molar-refractivity contribution is 0.520. The predicted octanol–water partition coefficient (Wildman–Crippen LogP) is 4.32. The molecule has 3 nitrogen and oxygen atoms in total. The number of aryl methyl sites for hydroxylation is 1. The molecule has 5 heteroatoms. The van der Waals surface area contributed by atoms with Crippen LogP contribution in [0.3, 0.4) is 0 Å². The molecule has 0 amide bonds. The van der Waals surface area contributed by atoms with Crippen molar-refractivity contribution in [3.8, 4) is 0 Å². The number of hydrogen-bond donors (Lipinski definition) is 1. The minimum Gasteiger partial charge on any atom is -0.335 e. The van der Waals surface area contributed by atoms with E-state index in [1.54, 1.807) is 0 Å². The van der Waals surface area contributed by atoms with E-state index >= 15 is 0 Å². The van der Waals surface area contributed by atoms with Crippen LogP contribution in [-0.2, 0) is 13.0 Å². The van der Waals surface area contributed by atoms with Gasteiger partial charge in [-0.1, -0.05) is 44.8 Å². The van der Waals surface area contributed by atoms with Crippen molar-refractivity contribution in [1.29, 1.82) is 0 Å². The first kappa shape index (κ1) is 15.7. The van der Waals surface area contributed by atoms with Gasteiger partial charge in [-0.15, -0.1) is 0 Å². The highest BCUT2D eigenvalue weighted by Crippen LogP contribution is 2.28. The van der Waals surface area contributed by atoms with E-state index in [1.165, 1.54) is 5.56 Å². The Balaban J connectivity index is 2.27. The second-order valence-corrected chi connectivity index (χ2v) is 6.38. The summed E-state index contributed by atoms with van der Waals surface area (Å²) >= 11 is 7.16. The van der Waals surface area contributed by atoms with Gasteiger partial charge < -0.3 is 9.88 Å². The fourth-order valence-corrected chi connectivity index (χ4v) is 3.65. The Hall–Kier alpha value is -0.650. The van der Waals surface area contributed by atoms with Crippen LogP contribution < -0.4 is 5.32 Å². The molecule has 1 heterocycles. The first-order chi connectivity index (χ1) is 9.65. The minimum atomic E-state index is 0.259. The molecule has 0 spiro atoms. The smallest absolute Gasteiger partial charge is 0.110 e. The Labute approximate surface area is 137 Å². The number of nitrogens with zero attached hydrogens (tertiary/aromatic N) is 2. The molecule has 108 valence electrons. The predicted molar refractivity (Wildman–Crippen MR) is 89.9 cm³/mol. The van der Waals surface area contributed by atoms with Crippen LogP contribution in [0.15, 0.2) is 39.5 Å². The largest absolute Gasteiger partial charge is 0.335 e. The number of aromatic nitrogens is 2. The van der Waals surface area contributed by atoms with Gasteiger partial charge in [-0.25, -0.2) is 4.98 Å². The summed E-state index contributed by atoms with van der Waals surface area (Å²) in [7, 11) is 0. The summed E-state index contributed by atoms with van der Waals surface area (Å²) in [5.41, 5.74) is 1.26. The second kappa shape index (κ2) is 7.38. The normalized spacial score (nSPS) is 12.6. The summed E-state index contributed by atoms with van der Waals surface area (Å²) in [5, 5.41) is 3.55. The molecule has 0 aliphatic carbocycles. The van der Waals surface area contributed by atoms with E-state index in [9.17, 15) is 0 Å². The Morgan fingerprint density at radius 2 is 2.10 bits per heavy atom. The quantitative estimate of drug-likeness (QED) is 0.782. The van der Waals surface area contributed by atoms with Gasteiger partial charge in [0.1, 0.15) is 5.82 Å². The van der Waals surface area contributed by atoms with Gasteiger partial charge >= 0.3 is 0 Å². The number of nitrogens with one attached hydrogen (secondary N) is 1. The van der Waals surface area contributed by atoms with Gasteiger partial charge in [-0.3, -0.25) is 0 Å². The van der Waals surface area contributed by atoms with E-state index in [2.05, 4.69) is 78.8 Å². The van der Waals surface area contributed by atoms with E-state index < -0.39 is 0 Å². The second-order valence-electron chi connectivity index (χ2n) is 4.61. The molecule has 2 rings (SSSR count). The maximum Gasteiger partial charge on any atom is 0.110 e. The standard InChI is InChI=1S/C15H19Br2N3/c1-3-18-14(10-15-19-7-8-20(15)4-2)12-6-5-11(16)9-13(12)17/h5-9,14,18H,3-4,10H2,1-2H3. The average Bonchev–Trinajstić information content (AvgIpc) is 2.85. The molecule has 0 aliphatic rings. The zero-order chi connectivity index (χ0) is 14.5. The Morgan fingerprint density at radius 1 is 1.30 bits per heavy atom. The van der Waals surface area contributed by atoms with Gasteiger partial charge in [-0.05, 0) is 31.2 Å². The Bertz CT molecular complexity index is 566. The Morgan fingerprint density at radius 3 is 2.75 bits per heavy atom. The van der Waals surface area contributed by atoms with Crippen LogP contribution in [0.5, 0.6) is 0 Å². The van der Waals surface area contributed by atoms with Crippen LogP contribution in [0.4, 0.5) is 0 Å². The first-order valence-corrected chi connectivity index (χ1v) is 8.42. The van der Waals surface area contributed by atoms with Crippen molar-refractivity contribution in [2.45, 2.75) is 32.9 Å². The lowest BCUT2D eigenvalue weighted by atomic mass is 10.0. The SMILES string of the molecule is CCNC(Cc1nccn1CC)c1ccc(Br)cc1Br. The summed E-state index contributed by atoms with van der Waals surface area (Å²) < 4.78 is 4.39. The van der Waals surface area contributed by atoms with Gasteiger partial charge in [-0.2, -0.15) is 0 Å². The summed E-state index contributed by atoms with van der Waals surface area (Å²) in [6.07, 6.45) is 4.79. The number of halogens is 2. The highest BCUT2D eigenvalue weighted by Gasteiger charge is 2.16. The molecule has 0 saturated heterocycles. The van der Waals surface area contributed by atoms with Crippen molar-refractivity contribution in [2.24, 2.45) is 0 Å². The average molecular weight is 401 g/mol. The molecular weight excluding hydrogens is 382 g/mol. The molecule has 20 heavy (non-hydrogen) atoms. The topological polar surface area (TPSA) is 29.9 Å². The van der Waals surface area contributed by atoms with Crippen LogP contribution in [0.1, 0.15) is 31.3 Å². The van der Waals surface area contributed by atoms with Gasteiger partial charge in [0.15, 0.2) is 0 Å². The maximum atomic E-state index is 4.48. The number of rotatable bonds is 6. The molecule has 0 radical (unpaired) electrons. The van der Waals surface area contributed by atoms with Gasteiger partial charge in [0.25, 0.3) is 0 Å². The van der Waals surface area contributed by atoms with Crippen molar-refractivity contribution in [3.05, 3.63) is 50.9 Å². The van der Waals surface area contributed by atoms with Crippen LogP contribution in [0.2, 0.25) is 0 Å². The number of imidazole rings is 1. The molecular formula is C15H19Br2N3. The summed E-state index contributed by atoms with van der Waals surface area (Å²) in [6.45, 7) is 6.16. The molecule has 1 unspecified atom stereocenters.